The molecule has 0 spiro atoms. The van der Waals surface area contributed by atoms with E-state index in [-0.39, 0.29) is 0 Å². The Morgan fingerprint density at radius 2 is 2.29 bits per heavy atom. The van der Waals surface area contributed by atoms with E-state index in [1.54, 1.807) is 24.2 Å². The second-order valence-corrected chi connectivity index (χ2v) is 3.99. The minimum absolute atomic E-state index is 0.418. The minimum atomic E-state index is 0.418. The highest BCUT2D eigenvalue weighted by molar-refractivity contribution is 7.99. The van der Waals surface area contributed by atoms with E-state index in [1.807, 2.05) is 6.08 Å². The molecule has 0 aliphatic carbocycles. The lowest BCUT2D eigenvalue weighted by Gasteiger charge is -2.04. The number of anilines is 1. The first-order valence-electron chi connectivity index (χ1n) is 4.23. The van der Waals surface area contributed by atoms with Crippen LogP contribution in [0.3, 0.4) is 0 Å². The molecule has 1 aromatic heterocycles. The summed E-state index contributed by atoms with van der Waals surface area (Å²) in [5.41, 5.74) is 0. The summed E-state index contributed by atoms with van der Waals surface area (Å²) in [6, 6.07) is 0. The third-order valence-electron chi connectivity index (χ3n) is 1.43. The lowest BCUT2D eigenvalue weighted by atomic mass is 10.6. The smallest absolute Gasteiger partial charge is 0.171 e. The molecule has 5 heteroatoms. The zero-order valence-electron chi connectivity index (χ0n) is 7.74. The van der Waals surface area contributed by atoms with E-state index >= 15 is 0 Å². The van der Waals surface area contributed by atoms with Gasteiger partial charge in [0.15, 0.2) is 11.0 Å². The monoisotopic (exact) mass is 229 g/mol. The SMILES string of the molecule is C=CCSCCNc1nccnc1Cl. The highest BCUT2D eigenvalue weighted by Gasteiger charge is 1.99. The number of halogens is 1. The summed E-state index contributed by atoms with van der Waals surface area (Å²) in [5.74, 6) is 2.61. The Bertz CT molecular complexity index is 293. The van der Waals surface area contributed by atoms with Crippen LogP contribution in [0, 0.1) is 0 Å². The Morgan fingerprint density at radius 3 is 3.00 bits per heavy atom. The van der Waals surface area contributed by atoms with Crippen LogP contribution in [0.25, 0.3) is 0 Å². The lowest BCUT2D eigenvalue weighted by molar-refractivity contribution is 1.13. The third kappa shape index (κ3) is 3.98. The van der Waals surface area contributed by atoms with Crippen molar-refractivity contribution < 1.29 is 0 Å². The van der Waals surface area contributed by atoms with Gasteiger partial charge >= 0.3 is 0 Å². The summed E-state index contributed by atoms with van der Waals surface area (Å²) in [5, 5.41) is 3.53. The fourth-order valence-electron chi connectivity index (χ4n) is 0.848. The predicted octanol–water partition coefficient (Wildman–Crippen LogP) is 2.46. The summed E-state index contributed by atoms with van der Waals surface area (Å²) < 4.78 is 0. The van der Waals surface area contributed by atoms with Gasteiger partial charge in [0, 0.05) is 30.4 Å². The van der Waals surface area contributed by atoms with Gasteiger partial charge in [-0.15, -0.1) is 6.58 Å². The van der Waals surface area contributed by atoms with Gasteiger partial charge in [0.25, 0.3) is 0 Å². The van der Waals surface area contributed by atoms with E-state index in [0.29, 0.717) is 11.0 Å². The van der Waals surface area contributed by atoms with Crippen LogP contribution in [-0.2, 0) is 0 Å². The normalized spacial score (nSPS) is 9.79. The summed E-state index contributed by atoms with van der Waals surface area (Å²) >= 11 is 7.61. The molecule has 14 heavy (non-hydrogen) atoms. The molecule has 1 heterocycles. The van der Waals surface area contributed by atoms with E-state index < -0.39 is 0 Å². The van der Waals surface area contributed by atoms with Crippen molar-refractivity contribution >= 4 is 29.2 Å². The van der Waals surface area contributed by atoms with Gasteiger partial charge in [-0.3, -0.25) is 0 Å². The Kier molecular flexibility index (Phi) is 5.40. The van der Waals surface area contributed by atoms with Crippen LogP contribution < -0.4 is 5.32 Å². The number of aromatic nitrogens is 2. The second-order valence-electron chi connectivity index (χ2n) is 2.49. The molecular weight excluding hydrogens is 218 g/mol. The molecule has 0 radical (unpaired) electrons. The van der Waals surface area contributed by atoms with Gasteiger partial charge in [0.05, 0.1) is 0 Å². The van der Waals surface area contributed by atoms with Crippen LogP contribution in [0.15, 0.2) is 25.0 Å². The van der Waals surface area contributed by atoms with Crippen molar-refractivity contribution in [3.8, 4) is 0 Å². The van der Waals surface area contributed by atoms with Crippen LogP contribution in [0.4, 0.5) is 5.82 Å². The van der Waals surface area contributed by atoms with Crippen LogP contribution >= 0.6 is 23.4 Å². The Morgan fingerprint density at radius 1 is 1.50 bits per heavy atom. The summed E-state index contributed by atoms with van der Waals surface area (Å²) in [7, 11) is 0. The molecule has 0 aromatic carbocycles. The van der Waals surface area contributed by atoms with Crippen LogP contribution in [0.2, 0.25) is 5.15 Å². The molecule has 0 fully saturated rings. The first kappa shape index (κ1) is 11.3. The van der Waals surface area contributed by atoms with Crippen molar-refractivity contribution in [3.05, 3.63) is 30.2 Å². The molecule has 0 saturated heterocycles. The van der Waals surface area contributed by atoms with E-state index in [2.05, 4.69) is 21.9 Å². The maximum absolute atomic E-state index is 5.81. The van der Waals surface area contributed by atoms with Gasteiger partial charge < -0.3 is 5.32 Å². The third-order valence-corrected chi connectivity index (χ3v) is 2.67. The van der Waals surface area contributed by atoms with Crippen LogP contribution in [0.1, 0.15) is 0 Å². The molecule has 1 aromatic rings. The molecule has 0 aliphatic heterocycles. The standard InChI is InChI=1S/C9H12ClN3S/c1-2-6-14-7-5-13-9-8(10)11-3-4-12-9/h2-4H,1,5-7H2,(H,12,13). The first-order chi connectivity index (χ1) is 6.84. The molecular formula is C9H12ClN3S. The van der Waals surface area contributed by atoms with Gasteiger partial charge in [-0.25, -0.2) is 9.97 Å². The maximum atomic E-state index is 5.81. The second kappa shape index (κ2) is 6.68. The van der Waals surface area contributed by atoms with Gasteiger partial charge in [0.2, 0.25) is 0 Å². The number of nitrogens with zero attached hydrogens (tertiary/aromatic N) is 2. The maximum Gasteiger partial charge on any atom is 0.171 e. The van der Waals surface area contributed by atoms with Gasteiger partial charge in [-0.2, -0.15) is 11.8 Å². The Balaban J connectivity index is 2.24. The van der Waals surface area contributed by atoms with Crippen LogP contribution in [0.5, 0.6) is 0 Å². The lowest BCUT2D eigenvalue weighted by Crippen LogP contribution is -2.06. The molecule has 0 unspecified atom stereocenters. The van der Waals surface area contributed by atoms with Crippen molar-refractivity contribution in [2.45, 2.75) is 0 Å². The number of hydrogen-bond donors (Lipinski definition) is 1. The molecule has 0 amide bonds. The van der Waals surface area contributed by atoms with E-state index in [4.69, 9.17) is 11.6 Å². The van der Waals surface area contributed by atoms with Gasteiger partial charge in [0.1, 0.15) is 0 Å². The molecule has 0 bridgehead atoms. The van der Waals surface area contributed by atoms with Crippen molar-refractivity contribution in [1.82, 2.24) is 9.97 Å². The van der Waals surface area contributed by atoms with Crippen molar-refractivity contribution in [1.29, 1.82) is 0 Å². The molecule has 0 aliphatic rings. The quantitative estimate of drug-likeness (QED) is 0.601. The molecule has 1 rings (SSSR count). The van der Waals surface area contributed by atoms with E-state index in [9.17, 15) is 0 Å². The fourth-order valence-corrected chi connectivity index (χ4v) is 1.60. The molecule has 3 nitrogen and oxygen atoms in total. The highest BCUT2D eigenvalue weighted by atomic mass is 35.5. The molecule has 1 N–H and O–H groups in total. The van der Waals surface area contributed by atoms with Crippen molar-refractivity contribution in [2.75, 3.05) is 23.4 Å². The molecule has 0 atom stereocenters. The minimum Gasteiger partial charge on any atom is -0.367 e. The Hall–Kier alpha value is -0.740. The van der Waals surface area contributed by atoms with Gasteiger partial charge in [-0.1, -0.05) is 17.7 Å². The number of thioether (sulfide) groups is 1. The average molecular weight is 230 g/mol. The van der Waals surface area contributed by atoms with E-state index in [0.717, 1.165) is 18.1 Å². The topological polar surface area (TPSA) is 37.8 Å². The van der Waals surface area contributed by atoms with Crippen LogP contribution in [-0.4, -0.2) is 28.0 Å². The highest BCUT2D eigenvalue weighted by Crippen LogP contribution is 2.13. The summed E-state index contributed by atoms with van der Waals surface area (Å²) in [4.78, 5) is 7.97. The van der Waals surface area contributed by atoms with Gasteiger partial charge in [-0.05, 0) is 0 Å². The van der Waals surface area contributed by atoms with Crippen molar-refractivity contribution in [3.63, 3.8) is 0 Å². The van der Waals surface area contributed by atoms with Crippen molar-refractivity contribution in [2.24, 2.45) is 0 Å². The number of hydrogen-bond acceptors (Lipinski definition) is 4. The first-order valence-corrected chi connectivity index (χ1v) is 5.77. The predicted molar refractivity (Wildman–Crippen MR) is 63.1 cm³/mol. The number of rotatable bonds is 6. The fraction of sp³-hybridized carbons (Fsp3) is 0.333. The average Bonchev–Trinajstić information content (AvgIpc) is 2.20. The zero-order chi connectivity index (χ0) is 10.2. The Labute approximate surface area is 93.0 Å². The largest absolute Gasteiger partial charge is 0.367 e. The number of nitrogens with one attached hydrogen (secondary N) is 1. The molecule has 76 valence electrons. The summed E-state index contributed by atoms with van der Waals surface area (Å²) in [6.45, 7) is 4.48. The summed E-state index contributed by atoms with van der Waals surface area (Å²) in [6.07, 6.45) is 5.07. The van der Waals surface area contributed by atoms with E-state index in [1.165, 1.54) is 0 Å². The zero-order valence-corrected chi connectivity index (χ0v) is 9.31. The molecule has 0 saturated carbocycles.